The fourth-order valence-corrected chi connectivity index (χ4v) is 3.49. The molecular weight excluding hydrogens is 312 g/mol. The van der Waals surface area contributed by atoms with E-state index in [1.54, 1.807) is 17.0 Å². The van der Waals surface area contributed by atoms with Crippen LogP contribution in [0.5, 0.6) is 0 Å². The first kappa shape index (κ1) is 11.4. The SMILES string of the molecule is [2H]C([2H])([2H])c1c[n+](C)c(-c2c(C)ccc3c2oc2oc4ccccc4c23)cn1. The number of aromatic nitrogens is 2. The predicted molar refractivity (Wildman–Crippen MR) is 97.4 cm³/mol. The van der Waals surface area contributed by atoms with Gasteiger partial charge in [0.1, 0.15) is 18.3 Å². The molecule has 0 aliphatic carbocycles. The van der Waals surface area contributed by atoms with Crippen molar-refractivity contribution in [3.8, 4) is 11.3 Å². The fraction of sp³-hybridized carbons (Fsp3) is 0.143. The minimum absolute atomic E-state index is 0.0581. The second-order valence-electron chi connectivity index (χ2n) is 6.27. The lowest BCUT2D eigenvalue weighted by Gasteiger charge is -2.05. The monoisotopic (exact) mass is 332 g/mol. The van der Waals surface area contributed by atoms with E-state index in [4.69, 9.17) is 12.9 Å². The summed E-state index contributed by atoms with van der Waals surface area (Å²) in [6, 6.07) is 11.9. The summed E-state index contributed by atoms with van der Waals surface area (Å²) < 4.78 is 36.5. The Kier molecular flexibility index (Phi) is 2.25. The molecule has 3 aromatic heterocycles. The lowest BCUT2D eigenvalue weighted by molar-refractivity contribution is -0.661. The molecule has 0 fully saturated rings. The van der Waals surface area contributed by atoms with E-state index in [0.29, 0.717) is 11.4 Å². The summed E-state index contributed by atoms with van der Waals surface area (Å²) in [7, 11) is 1.81. The van der Waals surface area contributed by atoms with E-state index in [-0.39, 0.29) is 5.69 Å². The maximum atomic E-state index is 7.57. The molecule has 0 saturated heterocycles. The lowest BCUT2D eigenvalue weighted by atomic mass is 10.0. The number of hydrogen-bond donors (Lipinski definition) is 0. The average Bonchev–Trinajstić information content (AvgIpc) is 3.17. The minimum Gasteiger partial charge on any atom is -0.425 e. The van der Waals surface area contributed by atoms with Crippen molar-refractivity contribution >= 4 is 33.1 Å². The first-order valence-corrected chi connectivity index (χ1v) is 8.04. The van der Waals surface area contributed by atoms with Crippen molar-refractivity contribution in [2.24, 2.45) is 7.05 Å². The highest BCUT2D eigenvalue weighted by Gasteiger charge is 2.23. The van der Waals surface area contributed by atoms with Crippen molar-refractivity contribution in [1.29, 1.82) is 0 Å². The number of aryl methyl sites for hydroxylation is 3. The number of benzene rings is 2. The summed E-state index contributed by atoms with van der Waals surface area (Å²) in [6.07, 6.45) is 3.13. The molecule has 0 saturated carbocycles. The average molecular weight is 332 g/mol. The normalized spacial score (nSPS) is 14.1. The van der Waals surface area contributed by atoms with Crippen LogP contribution in [0.4, 0.5) is 0 Å². The molecule has 0 amide bonds. The van der Waals surface area contributed by atoms with Gasteiger partial charge in [0.05, 0.1) is 17.1 Å². The van der Waals surface area contributed by atoms with Crippen molar-refractivity contribution in [2.45, 2.75) is 13.8 Å². The standard InChI is InChI=1S/C21H17N2O2/c1-12-8-9-15-19-14-6-4-5-7-17(14)24-21(19)25-20(15)18(12)16-10-22-13(2)11-23(16)3/h4-11H,1-3H3/q+1/i2D3. The van der Waals surface area contributed by atoms with E-state index in [9.17, 15) is 0 Å². The molecule has 0 aliphatic heterocycles. The van der Waals surface area contributed by atoms with E-state index in [1.165, 1.54) is 0 Å². The molecular formula is C21H17N2O2+. The molecule has 4 nitrogen and oxygen atoms in total. The summed E-state index contributed by atoms with van der Waals surface area (Å²) in [6.45, 7) is -0.254. The molecule has 0 aliphatic rings. The largest absolute Gasteiger partial charge is 0.425 e. The van der Waals surface area contributed by atoms with Gasteiger partial charge in [-0.25, -0.2) is 4.98 Å². The maximum absolute atomic E-state index is 7.57. The van der Waals surface area contributed by atoms with Crippen molar-refractivity contribution < 1.29 is 17.5 Å². The summed E-state index contributed by atoms with van der Waals surface area (Å²) in [5.41, 5.74) is 4.21. The Labute approximate surface area is 148 Å². The van der Waals surface area contributed by atoms with Gasteiger partial charge in [0, 0.05) is 14.9 Å². The molecule has 4 heteroatoms. The molecule has 3 heterocycles. The Morgan fingerprint density at radius 3 is 2.80 bits per heavy atom. The quantitative estimate of drug-likeness (QED) is 0.413. The zero-order valence-electron chi connectivity index (χ0n) is 16.8. The van der Waals surface area contributed by atoms with Crippen molar-refractivity contribution in [1.82, 2.24) is 4.98 Å². The molecule has 0 spiro atoms. The number of para-hydroxylation sites is 1. The van der Waals surface area contributed by atoms with Crippen LogP contribution in [-0.2, 0) is 7.05 Å². The molecule has 25 heavy (non-hydrogen) atoms. The van der Waals surface area contributed by atoms with Crippen molar-refractivity contribution in [3.05, 3.63) is 60.0 Å². The fourth-order valence-electron chi connectivity index (χ4n) is 3.49. The first-order valence-electron chi connectivity index (χ1n) is 9.54. The Bertz CT molecular complexity index is 1380. The highest BCUT2D eigenvalue weighted by molar-refractivity contribution is 6.19. The van der Waals surface area contributed by atoms with Gasteiger partial charge in [-0.1, -0.05) is 30.3 Å². The van der Waals surface area contributed by atoms with Gasteiger partial charge in [0.15, 0.2) is 11.8 Å². The topological polar surface area (TPSA) is 43.0 Å². The predicted octanol–water partition coefficient (Wildman–Crippen LogP) is 4.84. The van der Waals surface area contributed by atoms with Crippen LogP contribution in [0.2, 0.25) is 0 Å². The Balaban J connectivity index is 1.82. The number of fused-ring (bicyclic) bond motifs is 5. The summed E-state index contributed by atoms with van der Waals surface area (Å²) in [4.78, 5) is 4.18. The summed E-state index contributed by atoms with van der Waals surface area (Å²) in [5.74, 6) is 0.484. The molecule has 0 atom stereocenters. The zero-order valence-corrected chi connectivity index (χ0v) is 13.8. The van der Waals surface area contributed by atoms with Crippen LogP contribution >= 0.6 is 0 Å². The Hall–Kier alpha value is -3.14. The van der Waals surface area contributed by atoms with Gasteiger partial charge in [-0.2, -0.15) is 4.57 Å². The van der Waals surface area contributed by atoms with Crippen LogP contribution in [0.1, 0.15) is 15.4 Å². The van der Waals surface area contributed by atoms with Crippen molar-refractivity contribution in [2.75, 3.05) is 0 Å². The van der Waals surface area contributed by atoms with Gasteiger partial charge >= 0.3 is 0 Å². The number of furan rings is 2. The van der Waals surface area contributed by atoms with Gasteiger partial charge in [-0.3, -0.25) is 0 Å². The van der Waals surface area contributed by atoms with Gasteiger partial charge in [-0.15, -0.1) is 0 Å². The van der Waals surface area contributed by atoms with Crippen molar-refractivity contribution in [3.63, 3.8) is 0 Å². The van der Waals surface area contributed by atoms with Crippen LogP contribution in [0.15, 0.2) is 57.6 Å². The van der Waals surface area contributed by atoms with E-state index in [0.717, 1.165) is 38.6 Å². The van der Waals surface area contributed by atoms with E-state index < -0.39 is 6.85 Å². The smallest absolute Gasteiger partial charge is 0.299 e. The van der Waals surface area contributed by atoms with E-state index in [2.05, 4.69) is 4.98 Å². The molecule has 0 N–H and O–H groups in total. The molecule has 0 bridgehead atoms. The molecule has 0 radical (unpaired) electrons. The van der Waals surface area contributed by atoms with Crippen LogP contribution in [-0.4, -0.2) is 4.98 Å². The highest BCUT2D eigenvalue weighted by Crippen LogP contribution is 2.41. The summed E-state index contributed by atoms with van der Waals surface area (Å²) in [5, 5.41) is 2.91. The second-order valence-corrected chi connectivity index (χ2v) is 6.27. The van der Waals surface area contributed by atoms with E-state index in [1.807, 2.05) is 50.4 Å². The van der Waals surface area contributed by atoms with Crippen LogP contribution in [0, 0.1) is 13.8 Å². The number of hydrogen-bond acceptors (Lipinski definition) is 3. The molecule has 2 aromatic carbocycles. The van der Waals surface area contributed by atoms with Gasteiger partial charge in [-0.05, 0) is 25.4 Å². The van der Waals surface area contributed by atoms with Gasteiger partial charge < -0.3 is 8.83 Å². The van der Waals surface area contributed by atoms with E-state index >= 15 is 0 Å². The zero-order chi connectivity index (χ0) is 19.6. The Morgan fingerprint density at radius 1 is 1.08 bits per heavy atom. The van der Waals surface area contributed by atoms with Gasteiger partial charge in [0.25, 0.3) is 5.78 Å². The lowest BCUT2D eigenvalue weighted by Crippen LogP contribution is -2.31. The Morgan fingerprint density at radius 2 is 1.96 bits per heavy atom. The molecule has 5 rings (SSSR count). The maximum Gasteiger partial charge on any atom is 0.299 e. The third-order valence-electron chi connectivity index (χ3n) is 4.67. The number of nitrogens with zero attached hydrogens (tertiary/aromatic N) is 2. The third-order valence-corrected chi connectivity index (χ3v) is 4.67. The molecule has 0 unspecified atom stereocenters. The number of rotatable bonds is 1. The third kappa shape index (κ3) is 1.94. The summed E-state index contributed by atoms with van der Waals surface area (Å²) >= 11 is 0. The molecule has 122 valence electrons. The second kappa shape index (κ2) is 4.93. The van der Waals surface area contributed by atoms with Crippen LogP contribution < -0.4 is 4.57 Å². The van der Waals surface area contributed by atoms with Gasteiger partial charge in [0.2, 0.25) is 5.69 Å². The minimum atomic E-state index is -2.25. The van der Waals surface area contributed by atoms with Crippen LogP contribution in [0.25, 0.3) is 44.4 Å². The molecule has 5 aromatic rings. The van der Waals surface area contributed by atoms with Crippen LogP contribution in [0.3, 0.4) is 0 Å². The first-order chi connectivity index (χ1) is 13.3. The highest BCUT2D eigenvalue weighted by atomic mass is 16.5.